The van der Waals surface area contributed by atoms with Gasteiger partial charge in [0.15, 0.2) is 5.78 Å². The minimum atomic E-state index is -0.0856. The first kappa shape index (κ1) is 17.4. The molecular weight excluding hydrogens is 404 g/mol. The number of benzene rings is 2. The Morgan fingerprint density at radius 2 is 0.955 bits per heavy atom. The number of hydrogen-bond donors (Lipinski definition) is 0. The Morgan fingerprint density at radius 3 is 1.18 bits per heavy atom. The van der Waals surface area contributed by atoms with Crippen molar-refractivity contribution in [2.24, 2.45) is 0 Å². The first-order chi connectivity index (χ1) is 10.1. The smallest absolute Gasteiger partial charge is 0.193 e. The number of ketones is 1. The predicted molar refractivity (Wildman–Crippen MR) is 100 cm³/mol. The predicted octanol–water partition coefficient (Wildman–Crippen LogP) is 6.18. The molecule has 0 bridgehead atoms. The quantitative estimate of drug-likeness (QED) is 0.424. The van der Waals surface area contributed by atoms with Crippen molar-refractivity contribution < 1.29 is 4.79 Å². The van der Waals surface area contributed by atoms with Crippen molar-refractivity contribution in [2.45, 2.75) is 36.3 Å². The van der Waals surface area contributed by atoms with E-state index in [1.54, 1.807) is 0 Å². The monoisotopic (exact) mass is 422 g/mol. The summed E-state index contributed by atoms with van der Waals surface area (Å²) in [4.78, 5) is 12.5. The number of rotatable bonds is 4. The minimum absolute atomic E-state index is 0.0536. The highest BCUT2D eigenvalue weighted by Crippen LogP contribution is 2.31. The van der Waals surface area contributed by atoms with Crippen molar-refractivity contribution in [3.8, 4) is 0 Å². The standard InChI is InChI=1S/C19H20Br2O/c1-18(2,20)15-9-5-13(6-10-15)17(22)14-7-11-16(12-8-14)19(3,4)21/h5-12H,1-4H3. The van der Waals surface area contributed by atoms with E-state index in [1.165, 1.54) is 0 Å². The lowest BCUT2D eigenvalue weighted by Crippen LogP contribution is -2.09. The van der Waals surface area contributed by atoms with E-state index >= 15 is 0 Å². The SMILES string of the molecule is CC(C)(Br)c1ccc(C(=O)c2ccc(C(C)(C)Br)cc2)cc1. The van der Waals surface area contributed by atoms with Crippen LogP contribution in [0.4, 0.5) is 0 Å². The summed E-state index contributed by atoms with van der Waals surface area (Å²) in [6, 6.07) is 15.6. The average Bonchev–Trinajstić information content (AvgIpc) is 2.45. The third kappa shape index (κ3) is 4.08. The molecule has 1 nitrogen and oxygen atoms in total. The number of carbonyl (C=O) groups is 1. The van der Waals surface area contributed by atoms with Crippen LogP contribution in [-0.4, -0.2) is 5.78 Å². The summed E-state index contributed by atoms with van der Waals surface area (Å²) < 4.78 is -0.171. The summed E-state index contributed by atoms with van der Waals surface area (Å²) in [5.74, 6) is 0.0536. The molecule has 0 aliphatic carbocycles. The second-order valence-electron chi connectivity index (χ2n) is 6.43. The highest BCUT2D eigenvalue weighted by molar-refractivity contribution is 9.09. The van der Waals surface area contributed by atoms with Gasteiger partial charge < -0.3 is 0 Å². The van der Waals surface area contributed by atoms with E-state index in [-0.39, 0.29) is 14.4 Å². The van der Waals surface area contributed by atoms with Crippen LogP contribution in [0.5, 0.6) is 0 Å². The molecule has 0 aliphatic heterocycles. The third-order valence-corrected chi connectivity index (χ3v) is 4.58. The maximum atomic E-state index is 12.5. The molecule has 2 aromatic carbocycles. The largest absolute Gasteiger partial charge is 0.289 e. The van der Waals surface area contributed by atoms with Crippen molar-refractivity contribution in [3.63, 3.8) is 0 Å². The summed E-state index contributed by atoms with van der Waals surface area (Å²) in [6.07, 6.45) is 0. The molecule has 0 aromatic heterocycles. The van der Waals surface area contributed by atoms with Gasteiger partial charge in [0, 0.05) is 19.8 Å². The van der Waals surface area contributed by atoms with E-state index in [9.17, 15) is 4.79 Å². The summed E-state index contributed by atoms with van der Waals surface area (Å²) in [5.41, 5.74) is 3.73. The molecule has 22 heavy (non-hydrogen) atoms. The first-order valence-corrected chi connectivity index (χ1v) is 8.81. The van der Waals surface area contributed by atoms with Crippen LogP contribution >= 0.6 is 31.9 Å². The molecule has 0 aliphatic rings. The van der Waals surface area contributed by atoms with Gasteiger partial charge in [0.1, 0.15) is 0 Å². The van der Waals surface area contributed by atoms with Crippen LogP contribution in [-0.2, 0) is 8.65 Å². The zero-order chi connectivity index (χ0) is 16.5. The molecule has 116 valence electrons. The lowest BCUT2D eigenvalue weighted by Gasteiger charge is -2.17. The Balaban J connectivity index is 2.25. The summed E-state index contributed by atoms with van der Waals surface area (Å²) in [5, 5.41) is 0. The van der Waals surface area contributed by atoms with Gasteiger partial charge in [-0.2, -0.15) is 0 Å². The molecule has 0 N–H and O–H groups in total. The number of hydrogen-bond acceptors (Lipinski definition) is 1. The first-order valence-electron chi connectivity index (χ1n) is 7.22. The van der Waals surface area contributed by atoms with Gasteiger partial charge in [0.05, 0.1) is 0 Å². The highest BCUT2D eigenvalue weighted by atomic mass is 79.9. The fourth-order valence-electron chi connectivity index (χ4n) is 2.20. The molecule has 0 fully saturated rings. The number of halogens is 2. The normalized spacial score (nSPS) is 12.3. The van der Waals surface area contributed by atoms with Gasteiger partial charge in [-0.25, -0.2) is 0 Å². The highest BCUT2D eigenvalue weighted by Gasteiger charge is 2.18. The summed E-state index contributed by atoms with van der Waals surface area (Å²) in [6.45, 7) is 8.35. The Kier molecular flexibility index (Phi) is 4.98. The van der Waals surface area contributed by atoms with Crippen molar-refractivity contribution in [2.75, 3.05) is 0 Å². The molecular formula is C19H20Br2O. The minimum Gasteiger partial charge on any atom is -0.289 e. The van der Waals surface area contributed by atoms with Crippen LogP contribution in [0.1, 0.15) is 54.7 Å². The van der Waals surface area contributed by atoms with Gasteiger partial charge in [-0.05, 0) is 38.8 Å². The van der Waals surface area contributed by atoms with Crippen LogP contribution in [0.15, 0.2) is 48.5 Å². The van der Waals surface area contributed by atoms with Gasteiger partial charge in [0.2, 0.25) is 0 Å². The zero-order valence-corrected chi connectivity index (χ0v) is 16.5. The van der Waals surface area contributed by atoms with Crippen molar-refractivity contribution in [3.05, 3.63) is 70.8 Å². The zero-order valence-electron chi connectivity index (χ0n) is 13.3. The Bertz CT molecular complexity index is 597. The maximum absolute atomic E-state index is 12.5. The van der Waals surface area contributed by atoms with Gasteiger partial charge >= 0.3 is 0 Å². The van der Waals surface area contributed by atoms with Gasteiger partial charge in [-0.3, -0.25) is 4.79 Å². The maximum Gasteiger partial charge on any atom is 0.193 e. The van der Waals surface area contributed by atoms with Crippen LogP contribution in [0, 0.1) is 0 Å². The number of alkyl halides is 2. The molecule has 0 radical (unpaired) electrons. The van der Waals surface area contributed by atoms with Crippen LogP contribution < -0.4 is 0 Å². The van der Waals surface area contributed by atoms with Gasteiger partial charge in [-0.15, -0.1) is 0 Å². The molecule has 0 heterocycles. The number of carbonyl (C=O) groups excluding carboxylic acids is 1. The van der Waals surface area contributed by atoms with Gasteiger partial charge in [-0.1, -0.05) is 80.4 Å². The topological polar surface area (TPSA) is 17.1 Å². The molecule has 0 saturated heterocycles. The van der Waals surface area contributed by atoms with E-state index in [2.05, 4.69) is 59.6 Å². The van der Waals surface area contributed by atoms with E-state index < -0.39 is 0 Å². The summed E-state index contributed by atoms with van der Waals surface area (Å²) >= 11 is 7.26. The molecule has 0 saturated carbocycles. The fraction of sp³-hybridized carbons (Fsp3) is 0.316. The van der Waals surface area contributed by atoms with Crippen LogP contribution in [0.3, 0.4) is 0 Å². The lowest BCUT2D eigenvalue weighted by atomic mass is 9.96. The fourth-order valence-corrected chi connectivity index (χ4v) is 2.73. The molecule has 2 rings (SSSR count). The molecule has 0 amide bonds. The Morgan fingerprint density at radius 1 is 0.682 bits per heavy atom. The molecule has 0 spiro atoms. The average molecular weight is 424 g/mol. The molecule has 2 aromatic rings. The van der Waals surface area contributed by atoms with Crippen LogP contribution in [0.2, 0.25) is 0 Å². The second kappa shape index (κ2) is 6.29. The van der Waals surface area contributed by atoms with Gasteiger partial charge in [0.25, 0.3) is 0 Å². The van der Waals surface area contributed by atoms with Crippen molar-refractivity contribution >= 4 is 37.6 Å². The van der Waals surface area contributed by atoms with E-state index in [0.717, 1.165) is 11.1 Å². The van der Waals surface area contributed by atoms with E-state index in [0.29, 0.717) is 11.1 Å². The van der Waals surface area contributed by atoms with Crippen LogP contribution in [0.25, 0.3) is 0 Å². The lowest BCUT2D eigenvalue weighted by molar-refractivity contribution is 0.103. The molecule has 3 heteroatoms. The van der Waals surface area contributed by atoms with Crippen molar-refractivity contribution in [1.29, 1.82) is 0 Å². The Labute approximate surface area is 149 Å². The summed E-state index contributed by atoms with van der Waals surface area (Å²) in [7, 11) is 0. The molecule has 0 unspecified atom stereocenters. The Hall–Kier alpha value is -0.930. The third-order valence-electron chi connectivity index (χ3n) is 3.67. The van der Waals surface area contributed by atoms with E-state index in [1.807, 2.05) is 48.5 Å². The molecule has 0 atom stereocenters. The van der Waals surface area contributed by atoms with Crippen molar-refractivity contribution in [1.82, 2.24) is 0 Å². The van der Waals surface area contributed by atoms with E-state index in [4.69, 9.17) is 0 Å². The second-order valence-corrected chi connectivity index (χ2v) is 10.4.